The largest absolute Gasteiger partial charge is 0.397 e. The van der Waals surface area contributed by atoms with Crippen LogP contribution in [0.25, 0.3) is 0 Å². The van der Waals surface area contributed by atoms with Crippen molar-refractivity contribution < 1.29 is 35.5 Å². The maximum Gasteiger partial charge on any atom is 0.296 e. The molecule has 0 heterocycles. The summed E-state index contributed by atoms with van der Waals surface area (Å²) in [6, 6.07) is 4.81. The van der Waals surface area contributed by atoms with Gasteiger partial charge in [-0.25, -0.2) is 0 Å². The maximum absolute atomic E-state index is 13.3. The number of nitrogens with two attached hydrogens (primary N) is 1. The van der Waals surface area contributed by atoms with Crippen LogP contribution in [0.1, 0.15) is 26.3 Å². The van der Waals surface area contributed by atoms with Crippen molar-refractivity contribution >= 4 is 48.9 Å². The van der Waals surface area contributed by atoms with Gasteiger partial charge >= 0.3 is 0 Å². The normalized spacial score (nSPS) is 19.8. The number of aryl methyl sites for hydroxylation is 1. The van der Waals surface area contributed by atoms with Crippen LogP contribution < -0.4 is 11.1 Å². The zero-order chi connectivity index (χ0) is 24.3. The summed E-state index contributed by atoms with van der Waals surface area (Å²) in [6.07, 6.45) is 6.26. The summed E-state index contributed by atoms with van der Waals surface area (Å²) < 4.78 is 66.4. The molecule has 172 valence electrons. The average molecular weight is 491 g/mol. The van der Waals surface area contributed by atoms with Crippen molar-refractivity contribution in [3.05, 3.63) is 65.3 Å². The van der Waals surface area contributed by atoms with E-state index in [2.05, 4.69) is 5.32 Å². The molecule has 0 radical (unpaired) electrons. The predicted octanol–water partition coefficient (Wildman–Crippen LogP) is 2.55. The maximum atomic E-state index is 13.3. The first-order valence-electron chi connectivity index (χ1n) is 9.53. The summed E-state index contributed by atoms with van der Waals surface area (Å²) in [5.41, 5.74) is 5.00. The van der Waals surface area contributed by atoms with Gasteiger partial charge in [-0.2, -0.15) is 16.8 Å². The third-order valence-electron chi connectivity index (χ3n) is 5.59. The van der Waals surface area contributed by atoms with Crippen molar-refractivity contribution in [2.24, 2.45) is 11.8 Å². The van der Waals surface area contributed by atoms with E-state index in [9.17, 15) is 35.5 Å². The van der Waals surface area contributed by atoms with Gasteiger partial charge in [0.1, 0.15) is 4.90 Å². The standard InChI is InChI=1S/C21H18N2O8S2/c1-10-6-7-11(8-15(10)32(26,27)28)23-14-9-16(33(29,30)31)19(22)18-17(14)20(24)12-4-2-3-5-13(12)21(18)25/h2-9,12-13,23H,22H2,1H3,(H,26,27,28)(H,29,30,31)/t12-,13-/m1/s1. The molecule has 4 rings (SSSR count). The minimum Gasteiger partial charge on any atom is -0.397 e. The molecule has 0 unspecified atom stereocenters. The minimum atomic E-state index is -4.89. The number of carbonyl (C=O) groups is 2. The van der Waals surface area contributed by atoms with E-state index >= 15 is 0 Å². The number of fused-ring (bicyclic) bond motifs is 2. The van der Waals surface area contributed by atoms with Crippen LogP contribution >= 0.6 is 0 Å². The Kier molecular flexibility index (Phi) is 5.28. The fourth-order valence-electron chi connectivity index (χ4n) is 4.05. The quantitative estimate of drug-likeness (QED) is 0.367. The molecule has 2 aliphatic carbocycles. The Labute approximate surface area is 189 Å². The third kappa shape index (κ3) is 3.86. The third-order valence-corrected chi connectivity index (χ3v) is 7.47. The second kappa shape index (κ2) is 7.63. The average Bonchev–Trinajstić information content (AvgIpc) is 2.72. The second-order valence-electron chi connectivity index (χ2n) is 7.69. The Morgan fingerprint density at radius 3 is 1.94 bits per heavy atom. The Bertz CT molecular complexity index is 1510. The van der Waals surface area contributed by atoms with Crippen LogP contribution in [0.5, 0.6) is 0 Å². The van der Waals surface area contributed by atoms with Crippen LogP contribution in [0.2, 0.25) is 0 Å². The van der Waals surface area contributed by atoms with Gasteiger partial charge in [-0.3, -0.25) is 18.7 Å². The van der Waals surface area contributed by atoms with Gasteiger partial charge in [0.05, 0.1) is 39.2 Å². The number of nitrogen functional groups attached to an aromatic ring is 1. The second-order valence-corrected chi connectivity index (χ2v) is 10.5. The van der Waals surface area contributed by atoms with Gasteiger partial charge in [0.2, 0.25) is 0 Å². The highest BCUT2D eigenvalue weighted by Crippen LogP contribution is 2.43. The number of hydrogen-bond donors (Lipinski definition) is 4. The summed E-state index contributed by atoms with van der Waals surface area (Å²) in [4.78, 5) is 25.3. The summed E-state index contributed by atoms with van der Waals surface area (Å²) >= 11 is 0. The molecule has 0 saturated heterocycles. The van der Waals surface area contributed by atoms with Crippen molar-refractivity contribution in [1.82, 2.24) is 0 Å². The highest BCUT2D eigenvalue weighted by molar-refractivity contribution is 7.86. The molecule has 0 spiro atoms. The number of benzene rings is 2. The van der Waals surface area contributed by atoms with Crippen LogP contribution in [0.3, 0.4) is 0 Å². The molecule has 2 aromatic rings. The molecule has 0 saturated carbocycles. The number of carbonyl (C=O) groups excluding carboxylic acids is 2. The van der Waals surface area contributed by atoms with Crippen LogP contribution in [0, 0.1) is 18.8 Å². The molecule has 0 fully saturated rings. The molecule has 2 aromatic carbocycles. The lowest BCUT2D eigenvalue weighted by Gasteiger charge is -2.31. The van der Waals surface area contributed by atoms with Crippen LogP contribution in [-0.2, 0) is 20.2 Å². The Morgan fingerprint density at radius 2 is 1.39 bits per heavy atom. The summed E-state index contributed by atoms with van der Waals surface area (Å²) in [7, 11) is -9.46. The molecule has 2 atom stereocenters. The van der Waals surface area contributed by atoms with E-state index in [1.54, 1.807) is 18.2 Å². The molecule has 0 aromatic heterocycles. The van der Waals surface area contributed by atoms with Crippen LogP contribution in [-0.4, -0.2) is 37.5 Å². The molecular formula is C21H18N2O8S2. The fourth-order valence-corrected chi connectivity index (χ4v) is 5.45. The van der Waals surface area contributed by atoms with Gasteiger partial charge in [0.15, 0.2) is 11.6 Å². The number of allylic oxidation sites excluding steroid dienone is 4. The molecule has 10 nitrogen and oxygen atoms in total. The number of hydrogen-bond acceptors (Lipinski definition) is 8. The first-order chi connectivity index (χ1) is 15.3. The summed E-state index contributed by atoms with van der Waals surface area (Å²) in [6.45, 7) is 1.46. The lowest BCUT2D eigenvalue weighted by molar-refractivity contribution is 0.0803. The number of nitrogens with one attached hydrogen (secondary N) is 1. The number of rotatable bonds is 4. The smallest absolute Gasteiger partial charge is 0.296 e. The van der Waals surface area contributed by atoms with E-state index in [1.165, 1.54) is 25.1 Å². The van der Waals surface area contributed by atoms with Crippen molar-refractivity contribution in [3.63, 3.8) is 0 Å². The van der Waals surface area contributed by atoms with Crippen molar-refractivity contribution in [1.29, 1.82) is 0 Å². The topological polar surface area (TPSA) is 181 Å². The van der Waals surface area contributed by atoms with Gasteiger partial charge in [0, 0.05) is 5.69 Å². The predicted molar refractivity (Wildman–Crippen MR) is 119 cm³/mol. The molecular weight excluding hydrogens is 472 g/mol. The van der Waals surface area contributed by atoms with Crippen molar-refractivity contribution in [2.75, 3.05) is 11.1 Å². The van der Waals surface area contributed by atoms with Gasteiger partial charge in [-0.1, -0.05) is 30.4 Å². The van der Waals surface area contributed by atoms with E-state index in [0.29, 0.717) is 0 Å². The van der Waals surface area contributed by atoms with E-state index in [4.69, 9.17) is 5.73 Å². The first kappa shape index (κ1) is 22.9. The zero-order valence-corrected chi connectivity index (χ0v) is 18.6. The zero-order valence-electron chi connectivity index (χ0n) is 17.0. The van der Waals surface area contributed by atoms with E-state index < -0.39 is 59.1 Å². The molecule has 2 aliphatic rings. The van der Waals surface area contributed by atoms with E-state index in [1.807, 2.05) is 0 Å². The summed E-state index contributed by atoms with van der Waals surface area (Å²) in [5.74, 6) is -2.82. The fraction of sp³-hybridized carbons (Fsp3) is 0.143. The molecule has 0 bridgehead atoms. The number of anilines is 3. The lowest BCUT2D eigenvalue weighted by Crippen LogP contribution is -2.37. The van der Waals surface area contributed by atoms with Gasteiger partial charge in [0.25, 0.3) is 20.2 Å². The molecule has 0 aliphatic heterocycles. The van der Waals surface area contributed by atoms with Crippen molar-refractivity contribution in [3.8, 4) is 0 Å². The highest BCUT2D eigenvalue weighted by Gasteiger charge is 2.43. The molecule has 33 heavy (non-hydrogen) atoms. The van der Waals surface area contributed by atoms with E-state index in [-0.39, 0.29) is 28.1 Å². The van der Waals surface area contributed by atoms with Crippen molar-refractivity contribution in [2.45, 2.75) is 16.7 Å². The molecule has 12 heteroatoms. The minimum absolute atomic E-state index is 0.0722. The summed E-state index contributed by atoms with van der Waals surface area (Å²) in [5, 5.41) is 2.74. The Balaban J connectivity index is 1.98. The molecule has 5 N–H and O–H groups in total. The van der Waals surface area contributed by atoms with Gasteiger partial charge in [-0.15, -0.1) is 0 Å². The lowest BCUT2D eigenvalue weighted by atomic mass is 9.71. The highest BCUT2D eigenvalue weighted by atomic mass is 32.2. The Hall–Kier alpha value is -3.32. The number of ketones is 2. The van der Waals surface area contributed by atoms with Crippen LogP contribution in [0.15, 0.2) is 58.4 Å². The van der Waals surface area contributed by atoms with E-state index in [0.717, 1.165) is 12.1 Å². The van der Waals surface area contributed by atoms with Gasteiger partial charge < -0.3 is 11.1 Å². The Morgan fingerprint density at radius 1 is 0.848 bits per heavy atom. The molecule has 0 amide bonds. The SMILES string of the molecule is Cc1ccc(Nc2cc(S(=O)(=O)O)c(N)c3c2C(=O)[C@@H]2C=CC=C[C@H]2C3=O)cc1S(=O)(=O)O. The van der Waals surface area contributed by atoms with Gasteiger partial charge in [-0.05, 0) is 30.7 Å². The van der Waals surface area contributed by atoms with Crippen LogP contribution in [0.4, 0.5) is 17.1 Å². The number of Topliss-reactive ketones (excluding diaryl/α,β-unsaturated/α-hetero) is 2. The monoisotopic (exact) mass is 490 g/mol. The first-order valence-corrected chi connectivity index (χ1v) is 12.4.